The molecule has 0 bridgehead atoms. The lowest BCUT2D eigenvalue weighted by Crippen LogP contribution is -2.11. The van der Waals surface area contributed by atoms with Crippen LogP contribution in [0, 0.1) is 0 Å². The van der Waals surface area contributed by atoms with Crippen LogP contribution in [0.1, 0.15) is 0 Å². The number of hydrogen-bond donors (Lipinski definition) is 3. The van der Waals surface area contributed by atoms with Crippen molar-refractivity contribution in [1.29, 1.82) is 0 Å². The highest BCUT2D eigenvalue weighted by molar-refractivity contribution is 7.99. The molecule has 0 aliphatic heterocycles. The number of anilines is 1. The first-order valence-electron chi connectivity index (χ1n) is 7.07. The van der Waals surface area contributed by atoms with Crippen LogP contribution in [0.25, 0.3) is 10.8 Å². The molecule has 0 saturated carbocycles. The third-order valence-corrected chi connectivity index (χ3v) is 7.11. The van der Waals surface area contributed by atoms with E-state index in [9.17, 15) is 13.5 Å². The summed E-state index contributed by atoms with van der Waals surface area (Å²) in [6, 6.07) is 11.9. The normalized spacial score (nSPS) is 11.7. The molecule has 126 valence electrons. The fourth-order valence-electron chi connectivity index (χ4n) is 2.30. The van der Waals surface area contributed by atoms with Gasteiger partial charge in [-0.1, -0.05) is 30.3 Å². The summed E-state index contributed by atoms with van der Waals surface area (Å²) in [5.74, 6) is 0.492. The van der Waals surface area contributed by atoms with E-state index in [1.807, 2.05) is 0 Å². The molecule has 5 nitrogen and oxygen atoms in total. The van der Waals surface area contributed by atoms with Crippen LogP contribution in [0.3, 0.4) is 0 Å². The van der Waals surface area contributed by atoms with Crippen molar-refractivity contribution in [3.8, 4) is 5.75 Å². The maximum absolute atomic E-state index is 12.5. The number of fused-ring (bicyclic) bond motifs is 1. The number of aliphatic hydroxyl groups excluding tert-OH is 1. The van der Waals surface area contributed by atoms with Crippen molar-refractivity contribution in [3.05, 3.63) is 47.8 Å². The first kappa shape index (κ1) is 17.1. The Kier molecular flexibility index (Phi) is 5.00. The molecular formula is C16H15NO4S3. The molecule has 0 aliphatic carbocycles. The van der Waals surface area contributed by atoms with Crippen LogP contribution >= 0.6 is 23.1 Å². The Hall–Kier alpha value is -1.74. The van der Waals surface area contributed by atoms with E-state index in [4.69, 9.17) is 5.11 Å². The highest BCUT2D eigenvalue weighted by Gasteiger charge is 2.19. The SMILES string of the molecule is O=S(=O)(Nc1cc(SCCO)c(O)c2ccccc12)c1cccs1. The quantitative estimate of drug-likeness (QED) is 0.449. The zero-order chi connectivity index (χ0) is 17.2. The van der Waals surface area contributed by atoms with Crippen LogP contribution in [0.15, 0.2) is 56.9 Å². The second-order valence-corrected chi connectivity index (χ2v) is 8.92. The van der Waals surface area contributed by atoms with Crippen molar-refractivity contribution in [2.75, 3.05) is 17.1 Å². The second-order valence-electron chi connectivity index (χ2n) is 4.93. The second kappa shape index (κ2) is 7.02. The summed E-state index contributed by atoms with van der Waals surface area (Å²) in [7, 11) is -3.68. The monoisotopic (exact) mass is 381 g/mol. The fraction of sp³-hybridized carbons (Fsp3) is 0.125. The minimum Gasteiger partial charge on any atom is -0.506 e. The number of benzene rings is 2. The number of thiophene rings is 1. The molecule has 3 rings (SSSR count). The number of thioether (sulfide) groups is 1. The molecule has 0 unspecified atom stereocenters. The molecule has 0 spiro atoms. The molecule has 2 aromatic carbocycles. The van der Waals surface area contributed by atoms with Crippen LogP contribution in [0.4, 0.5) is 5.69 Å². The van der Waals surface area contributed by atoms with E-state index in [0.717, 1.165) is 11.3 Å². The minimum atomic E-state index is -3.68. The number of phenols is 1. The number of aliphatic hydroxyl groups is 1. The molecule has 1 aromatic heterocycles. The Morgan fingerprint density at radius 1 is 1.12 bits per heavy atom. The first-order valence-corrected chi connectivity index (χ1v) is 10.4. The van der Waals surface area contributed by atoms with Gasteiger partial charge in [0.25, 0.3) is 10.0 Å². The lowest BCUT2D eigenvalue weighted by atomic mass is 10.1. The Balaban J connectivity index is 2.11. The Morgan fingerprint density at radius 3 is 2.54 bits per heavy atom. The molecule has 3 N–H and O–H groups in total. The zero-order valence-electron chi connectivity index (χ0n) is 12.5. The van der Waals surface area contributed by atoms with Gasteiger partial charge < -0.3 is 10.2 Å². The average molecular weight is 382 g/mol. The largest absolute Gasteiger partial charge is 0.506 e. The molecule has 8 heteroatoms. The molecule has 0 amide bonds. The molecule has 0 fully saturated rings. The van der Waals surface area contributed by atoms with E-state index >= 15 is 0 Å². The van der Waals surface area contributed by atoms with Gasteiger partial charge in [-0.2, -0.15) is 0 Å². The van der Waals surface area contributed by atoms with Gasteiger partial charge in [0.1, 0.15) is 9.96 Å². The fourth-order valence-corrected chi connectivity index (χ4v) is 5.12. The number of aromatic hydroxyl groups is 1. The average Bonchev–Trinajstić information content (AvgIpc) is 3.12. The smallest absolute Gasteiger partial charge is 0.271 e. The molecule has 1 heterocycles. The van der Waals surface area contributed by atoms with Crippen LogP contribution < -0.4 is 4.72 Å². The summed E-state index contributed by atoms with van der Waals surface area (Å²) in [4.78, 5) is 0.520. The standard InChI is InChI=1S/C16H15NO4S3/c18-7-9-22-14-10-13(11-4-1-2-5-12(11)16(14)19)17-24(20,21)15-6-3-8-23-15/h1-6,8,10,17-19H,7,9H2. The maximum atomic E-state index is 12.5. The van der Waals surface area contributed by atoms with E-state index in [1.54, 1.807) is 41.8 Å². The third-order valence-electron chi connectivity index (χ3n) is 3.33. The molecule has 24 heavy (non-hydrogen) atoms. The molecule has 0 saturated heterocycles. The summed E-state index contributed by atoms with van der Waals surface area (Å²) < 4.78 is 27.8. The Bertz CT molecular complexity index is 953. The van der Waals surface area contributed by atoms with Gasteiger partial charge in [0.05, 0.1) is 17.2 Å². The van der Waals surface area contributed by atoms with Gasteiger partial charge in [-0.25, -0.2) is 8.42 Å². The van der Waals surface area contributed by atoms with E-state index in [2.05, 4.69) is 4.72 Å². The minimum absolute atomic E-state index is 0.0345. The topological polar surface area (TPSA) is 86.6 Å². The lowest BCUT2D eigenvalue weighted by molar-refractivity contribution is 0.322. The predicted octanol–water partition coefficient (Wildman–Crippen LogP) is 3.49. The lowest BCUT2D eigenvalue weighted by Gasteiger charge is -2.14. The molecule has 3 aromatic rings. The van der Waals surface area contributed by atoms with Gasteiger partial charge in [0.15, 0.2) is 0 Å². The van der Waals surface area contributed by atoms with Crippen molar-refractivity contribution < 1.29 is 18.6 Å². The van der Waals surface area contributed by atoms with Crippen LogP contribution in [0.5, 0.6) is 5.75 Å². The van der Waals surface area contributed by atoms with E-state index in [1.165, 1.54) is 17.8 Å². The summed E-state index contributed by atoms with van der Waals surface area (Å²) in [5.41, 5.74) is 0.400. The van der Waals surface area contributed by atoms with E-state index in [0.29, 0.717) is 27.1 Å². The van der Waals surface area contributed by atoms with Gasteiger partial charge in [0, 0.05) is 16.5 Å². The van der Waals surface area contributed by atoms with Crippen molar-refractivity contribution in [1.82, 2.24) is 0 Å². The highest BCUT2D eigenvalue weighted by Crippen LogP contribution is 2.40. The van der Waals surface area contributed by atoms with Crippen LogP contribution in [0.2, 0.25) is 0 Å². The maximum Gasteiger partial charge on any atom is 0.271 e. The molecule has 0 radical (unpaired) electrons. The Morgan fingerprint density at radius 2 is 1.88 bits per heavy atom. The van der Waals surface area contributed by atoms with Gasteiger partial charge in [-0.15, -0.1) is 23.1 Å². The third kappa shape index (κ3) is 3.36. The summed E-state index contributed by atoms with van der Waals surface area (Å²) in [6.07, 6.45) is 0. The van der Waals surface area contributed by atoms with Crippen molar-refractivity contribution in [2.24, 2.45) is 0 Å². The number of hydrogen-bond acceptors (Lipinski definition) is 6. The van der Waals surface area contributed by atoms with Crippen molar-refractivity contribution in [2.45, 2.75) is 9.10 Å². The van der Waals surface area contributed by atoms with Crippen molar-refractivity contribution >= 4 is 49.6 Å². The van der Waals surface area contributed by atoms with E-state index in [-0.39, 0.29) is 16.6 Å². The van der Waals surface area contributed by atoms with Gasteiger partial charge in [-0.3, -0.25) is 4.72 Å². The van der Waals surface area contributed by atoms with Crippen molar-refractivity contribution in [3.63, 3.8) is 0 Å². The molecule has 0 atom stereocenters. The summed E-state index contributed by atoms with van der Waals surface area (Å²) in [5, 5.41) is 22.3. The van der Waals surface area contributed by atoms with Gasteiger partial charge in [-0.05, 0) is 17.5 Å². The molecule has 0 aliphatic rings. The summed E-state index contributed by atoms with van der Waals surface area (Å²) in [6.45, 7) is -0.0345. The molecular weight excluding hydrogens is 366 g/mol. The number of rotatable bonds is 6. The number of nitrogens with one attached hydrogen (secondary N) is 1. The number of phenolic OH excluding ortho intramolecular Hbond substituents is 1. The van der Waals surface area contributed by atoms with Gasteiger partial charge >= 0.3 is 0 Å². The van der Waals surface area contributed by atoms with Crippen LogP contribution in [-0.2, 0) is 10.0 Å². The summed E-state index contributed by atoms with van der Waals surface area (Å²) >= 11 is 2.40. The highest BCUT2D eigenvalue weighted by atomic mass is 32.2. The Labute approximate surface area is 148 Å². The van der Waals surface area contributed by atoms with Gasteiger partial charge in [0.2, 0.25) is 0 Å². The first-order chi connectivity index (χ1) is 11.5. The van der Waals surface area contributed by atoms with E-state index < -0.39 is 10.0 Å². The number of sulfonamides is 1. The predicted molar refractivity (Wildman–Crippen MR) is 98.6 cm³/mol. The zero-order valence-corrected chi connectivity index (χ0v) is 14.9. The van der Waals surface area contributed by atoms with Crippen LogP contribution in [-0.4, -0.2) is 31.0 Å².